The van der Waals surface area contributed by atoms with Crippen molar-refractivity contribution in [2.45, 2.75) is 6.42 Å². The summed E-state index contributed by atoms with van der Waals surface area (Å²) >= 11 is 6.21. The maximum Gasteiger partial charge on any atom is 0.244 e. The second-order valence-corrected chi connectivity index (χ2v) is 7.94. The second kappa shape index (κ2) is 10.4. The molecular weight excluding hydrogens is 472 g/mol. The molecule has 0 saturated heterocycles. The van der Waals surface area contributed by atoms with E-state index < -0.39 is 5.91 Å². The standard InChI is InChI=1S/C25H23ClN4O5/c1-33-16-7-4-6-15(10-16)19-12-24(32)30(25-18(28-19)8-5-9-27-25)14-23(31)29-20-11-17(26)21(34-2)13-22(20)35-3/h4-11,13H,12,14H2,1-3H3,(H,29,31). The Labute approximate surface area is 207 Å². The van der Waals surface area contributed by atoms with Crippen LogP contribution in [0, 0.1) is 0 Å². The number of nitrogens with zero attached hydrogens (tertiary/aromatic N) is 3. The van der Waals surface area contributed by atoms with Gasteiger partial charge in [-0.25, -0.2) is 9.98 Å². The molecule has 10 heteroatoms. The summed E-state index contributed by atoms with van der Waals surface area (Å²) in [5.41, 5.74) is 2.13. The number of benzene rings is 2. The van der Waals surface area contributed by atoms with Crippen molar-refractivity contribution in [2.75, 3.05) is 38.1 Å². The van der Waals surface area contributed by atoms with Crippen molar-refractivity contribution in [2.24, 2.45) is 4.99 Å². The molecule has 0 bridgehead atoms. The highest BCUT2D eigenvalue weighted by Crippen LogP contribution is 2.36. The zero-order valence-corrected chi connectivity index (χ0v) is 20.1. The predicted molar refractivity (Wildman–Crippen MR) is 134 cm³/mol. The van der Waals surface area contributed by atoms with Crippen LogP contribution in [-0.2, 0) is 9.59 Å². The van der Waals surface area contributed by atoms with E-state index in [0.717, 1.165) is 5.56 Å². The molecule has 1 aliphatic heterocycles. The number of hydrogen-bond donors (Lipinski definition) is 1. The summed E-state index contributed by atoms with van der Waals surface area (Å²) in [6.45, 7) is -0.281. The van der Waals surface area contributed by atoms with Gasteiger partial charge in [0.2, 0.25) is 11.8 Å². The van der Waals surface area contributed by atoms with Gasteiger partial charge >= 0.3 is 0 Å². The number of anilines is 2. The van der Waals surface area contributed by atoms with Crippen LogP contribution in [0.15, 0.2) is 59.7 Å². The predicted octanol–water partition coefficient (Wildman–Crippen LogP) is 4.26. The Morgan fingerprint density at radius 1 is 1.06 bits per heavy atom. The van der Waals surface area contributed by atoms with Gasteiger partial charge in [-0.3, -0.25) is 14.5 Å². The average Bonchev–Trinajstić information content (AvgIpc) is 3.00. The van der Waals surface area contributed by atoms with Gasteiger partial charge in [0.05, 0.1) is 44.2 Å². The number of aromatic nitrogens is 1. The third kappa shape index (κ3) is 5.20. The van der Waals surface area contributed by atoms with Gasteiger partial charge in [0.25, 0.3) is 0 Å². The number of carbonyl (C=O) groups is 2. The molecule has 0 atom stereocenters. The van der Waals surface area contributed by atoms with E-state index in [1.807, 2.05) is 24.3 Å². The van der Waals surface area contributed by atoms with Crippen molar-refractivity contribution in [1.29, 1.82) is 0 Å². The molecule has 1 aliphatic rings. The molecule has 0 spiro atoms. The number of methoxy groups -OCH3 is 3. The monoisotopic (exact) mass is 494 g/mol. The first kappa shape index (κ1) is 24.0. The van der Waals surface area contributed by atoms with Gasteiger partial charge < -0.3 is 19.5 Å². The molecule has 0 fully saturated rings. The highest BCUT2D eigenvalue weighted by atomic mass is 35.5. The molecule has 2 aromatic carbocycles. The summed E-state index contributed by atoms with van der Waals surface area (Å²) in [5.74, 6) is 0.939. The lowest BCUT2D eigenvalue weighted by Crippen LogP contribution is -2.39. The van der Waals surface area contributed by atoms with Crippen molar-refractivity contribution in [3.8, 4) is 17.2 Å². The highest BCUT2D eigenvalue weighted by Gasteiger charge is 2.28. The fraction of sp³-hybridized carbons (Fsp3) is 0.200. The van der Waals surface area contributed by atoms with Crippen LogP contribution in [-0.4, -0.2) is 50.4 Å². The molecule has 9 nitrogen and oxygen atoms in total. The van der Waals surface area contributed by atoms with Gasteiger partial charge in [-0.1, -0.05) is 23.7 Å². The van der Waals surface area contributed by atoms with Crippen LogP contribution in [0.3, 0.4) is 0 Å². The van der Waals surface area contributed by atoms with Gasteiger partial charge in [-0.2, -0.15) is 0 Å². The largest absolute Gasteiger partial charge is 0.497 e. The average molecular weight is 495 g/mol. The van der Waals surface area contributed by atoms with Gasteiger partial charge in [0.15, 0.2) is 5.82 Å². The Balaban J connectivity index is 1.61. The van der Waals surface area contributed by atoms with Gasteiger partial charge in [0, 0.05) is 17.8 Å². The maximum atomic E-state index is 13.3. The van der Waals surface area contributed by atoms with E-state index in [-0.39, 0.29) is 18.9 Å². The smallest absolute Gasteiger partial charge is 0.244 e. The molecule has 0 aliphatic carbocycles. The van der Waals surface area contributed by atoms with Gasteiger partial charge in [-0.15, -0.1) is 0 Å². The summed E-state index contributed by atoms with van der Waals surface area (Å²) in [6, 6.07) is 13.9. The molecule has 1 aromatic heterocycles. The number of pyridine rings is 1. The van der Waals surface area contributed by atoms with Crippen molar-refractivity contribution in [3.05, 3.63) is 65.3 Å². The molecule has 35 heavy (non-hydrogen) atoms. The molecular formula is C25H23ClN4O5. The molecule has 4 rings (SSSR count). The fourth-order valence-corrected chi connectivity index (χ4v) is 3.89. The van der Waals surface area contributed by atoms with Crippen molar-refractivity contribution < 1.29 is 23.8 Å². The minimum atomic E-state index is -0.459. The van der Waals surface area contributed by atoms with E-state index in [2.05, 4.69) is 15.3 Å². The van der Waals surface area contributed by atoms with E-state index in [1.165, 1.54) is 25.2 Å². The second-order valence-electron chi connectivity index (χ2n) is 7.53. The highest BCUT2D eigenvalue weighted by molar-refractivity contribution is 6.32. The number of carbonyl (C=O) groups excluding carboxylic acids is 2. The Hall–Kier alpha value is -4.11. The van der Waals surface area contributed by atoms with Crippen LogP contribution in [0.5, 0.6) is 17.2 Å². The van der Waals surface area contributed by atoms with Crippen molar-refractivity contribution in [1.82, 2.24) is 4.98 Å². The number of hydrogen-bond acceptors (Lipinski definition) is 7. The third-order valence-electron chi connectivity index (χ3n) is 5.35. The van der Waals surface area contributed by atoms with E-state index in [4.69, 9.17) is 25.8 Å². The summed E-state index contributed by atoms with van der Waals surface area (Å²) in [7, 11) is 4.52. The lowest BCUT2D eigenvalue weighted by molar-refractivity contribution is -0.120. The number of nitrogens with one attached hydrogen (secondary N) is 1. The molecule has 180 valence electrons. The lowest BCUT2D eigenvalue weighted by atomic mass is 10.1. The quantitative estimate of drug-likeness (QED) is 0.526. The van der Waals surface area contributed by atoms with Crippen LogP contribution in [0.1, 0.15) is 12.0 Å². The Morgan fingerprint density at radius 2 is 1.86 bits per heavy atom. The summed E-state index contributed by atoms with van der Waals surface area (Å²) < 4.78 is 15.8. The van der Waals surface area contributed by atoms with E-state index >= 15 is 0 Å². The minimum Gasteiger partial charge on any atom is -0.497 e. The number of rotatable bonds is 7. The third-order valence-corrected chi connectivity index (χ3v) is 5.64. The number of aliphatic imine (C=N–C) groups is 1. The summed E-state index contributed by atoms with van der Waals surface area (Å²) in [5, 5.41) is 3.05. The first-order chi connectivity index (χ1) is 16.9. The van der Waals surface area contributed by atoms with E-state index in [1.54, 1.807) is 31.5 Å². The summed E-state index contributed by atoms with van der Waals surface area (Å²) in [6.07, 6.45) is 1.53. The van der Waals surface area contributed by atoms with Crippen LogP contribution >= 0.6 is 11.6 Å². The molecule has 0 saturated carbocycles. The van der Waals surface area contributed by atoms with Crippen LogP contribution < -0.4 is 24.4 Å². The fourth-order valence-electron chi connectivity index (χ4n) is 3.65. The maximum absolute atomic E-state index is 13.3. The van der Waals surface area contributed by atoms with Gasteiger partial charge in [0.1, 0.15) is 29.5 Å². The number of halogens is 1. The van der Waals surface area contributed by atoms with E-state index in [0.29, 0.717) is 45.2 Å². The van der Waals surface area contributed by atoms with Crippen LogP contribution in [0.4, 0.5) is 17.2 Å². The molecule has 1 N–H and O–H groups in total. The first-order valence-corrected chi connectivity index (χ1v) is 11.0. The Bertz CT molecular complexity index is 1310. The molecule has 2 heterocycles. The van der Waals surface area contributed by atoms with Crippen molar-refractivity contribution in [3.63, 3.8) is 0 Å². The minimum absolute atomic E-state index is 0.0194. The Kier molecular flexibility index (Phi) is 7.17. The number of ether oxygens (including phenoxy) is 3. The first-order valence-electron chi connectivity index (χ1n) is 10.6. The number of fused-ring (bicyclic) bond motifs is 1. The van der Waals surface area contributed by atoms with Gasteiger partial charge in [-0.05, 0) is 30.3 Å². The zero-order valence-electron chi connectivity index (χ0n) is 19.4. The van der Waals surface area contributed by atoms with E-state index in [9.17, 15) is 9.59 Å². The normalized spacial score (nSPS) is 12.9. The summed E-state index contributed by atoms with van der Waals surface area (Å²) in [4.78, 5) is 36.6. The Morgan fingerprint density at radius 3 is 2.60 bits per heavy atom. The molecule has 0 radical (unpaired) electrons. The topological polar surface area (TPSA) is 102 Å². The molecule has 0 unspecified atom stereocenters. The lowest BCUT2D eigenvalue weighted by Gasteiger charge is -2.21. The zero-order chi connectivity index (χ0) is 24.9. The van der Waals surface area contributed by atoms with Crippen LogP contribution in [0.2, 0.25) is 5.02 Å². The molecule has 2 amide bonds. The number of amides is 2. The van der Waals surface area contributed by atoms with Crippen molar-refractivity contribution >= 4 is 46.3 Å². The van der Waals surface area contributed by atoms with Crippen LogP contribution in [0.25, 0.3) is 0 Å². The molecule has 3 aromatic rings. The SMILES string of the molecule is COc1cccc(C2=Nc3cccnc3N(CC(=O)Nc3cc(Cl)c(OC)cc3OC)C(=O)C2)c1.